The first-order chi connectivity index (χ1) is 12.8. The summed E-state index contributed by atoms with van der Waals surface area (Å²) in [5.41, 5.74) is 1.07. The number of non-ortho nitro benzene ring substituents is 1. The van der Waals surface area contributed by atoms with Gasteiger partial charge in [-0.15, -0.1) is 0 Å². The summed E-state index contributed by atoms with van der Waals surface area (Å²) in [7, 11) is 2.99. The molecule has 0 atom stereocenters. The maximum Gasteiger partial charge on any atom is 0.270 e. The van der Waals surface area contributed by atoms with Gasteiger partial charge in [0.2, 0.25) is 0 Å². The first-order valence-electron chi connectivity index (χ1n) is 8.48. The number of hydrogen-bond donors (Lipinski definition) is 1. The Hall–Kier alpha value is -2.56. The minimum Gasteiger partial charge on any atom is -1.00 e. The van der Waals surface area contributed by atoms with Gasteiger partial charge >= 0.3 is 0 Å². The Balaban J connectivity index is 0.00000280. The van der Waals surface area contributed by atoms with Gasteiger partial charge in [0.15, 0.2) is 5.11 Å². The lowest BCUT2D eigenvalue weighted by molar-refractivity contribution is -0.655. The van der Waals surface area contributed by atoms with Crippen LogP contribution in [0.15, 0.2) is 23.8 Å². The zero-order valence-corrected chi connectivity index (χ0v) is 17.0. The fourth-order valence-corrected chi connectivity index (χ4v) is 3.35. The van der Waals surface area contributed by atoms with Gasteiger partial charge in [0.1, 0.15) is 5.57 Å². The van der Waals surface area contributed by atoms with Gasteiger partial charge in [-0.1, -0.05) is 0 Å². The largest absolute Gasteiger partial charge is 1.00 e. The van der Waals surface area contributed by atoms with E-state index >= 15 is 0 Å². The van der Waals surface area contributed by atoms with Crippen molar-refractivity contribution in [3.05, 3.63) is 39.4 Å². The van der Waals surface area contributed by atoms with Crippen LogP contribution >= 0.6 is 12.2 Å². The van der Waals surface area contributed by atoms with Crippen LogP contribution in [-0.4, -0.2) is 71.9 Å². The Morgan fingerprint density at radius 2 is 1.71 bits per heavy atom. The number of piperazine rings is 1. The predicted molar refractivity (Wildman–Crippen MR) is 103 cm³/mol. The third-order valence-corrected chi connectivity index (χ3v) is 5.26. The van der Waals surface area contributed by atoms with E-state index in [0.29, 0.717) is 5.56 Å². The second kappa shape index (κ2) is 8.63. The van der Waals surface area contributed by atoms with Crippen LogP contribution in [0.25, 0.3) is 6.08 Å². The first kappa shape index (κ1) is 21.7. The number of rotatable bonds is 3. The number of thiocarbonyl (C=S) groups is 1. The lowest BCUT2D eigenvalue weighted by atomic mass is 10.0. The van der Waals surface area contributed by atoms with E-state index in [1.165, 1.54) is 42.1 Å². The van der Waals surface area contributed by atoms with Gasteiger partial charge in [-0.3, -0.25) is 29.5 Å². The average molecular weight is 426 g/mol. The number of nitrogens with two attached hydrogens (primary N) is 1. The number of halogens is 1. The van der Waals surface area contributed by atoms with Gasteiger partial charge in [0.05, 0.1) is 31.1 Å². The fraction of sp³-hybridized carbons (Fsp3) is 0.353. The zero-order valence-electron chi connectivity index (χ0n) is 15.4. The van der Waals surface area contributed by atoms with E-state index in [-0.39, 0.29) is 28.8 Å². The molecule has 2 N–H and O–H groups in total. The summed E-state index contributed by atoms with van der Waals surface area (Å²) < 4.78 is 0. The molecular formula is C17H20ClN5O4S. The van der Waals surface area contributed by atoms with Gasteiger partial charge in [-0.2, -0.15) is 0 Å². The highest BCUT2D eigenvalue weighted by atomic mass is 35.5. The second-order valence-corrected chi connectivity index (χ2v) is 6.79. The summed E-state index contributed by atoms with van der Waals surface area (Å²) in [5.74, 6) is -1.04. The molecule has 0 bridgehead atoms. The van der Waals surface area contributed by atoms with Gasteiger partial charge in [0, 0.05) is 37.5 Å². The van der Waals surface area contributed by atoms with Crippen LogP contribution in [0.4, 0.5) is 11.4 Å². The number of nitro benzene ring substituents is 1. The van der Waals surface area contributed by atoms with Crippen molar-refractivity contribution in [2.45, 2.75) is 0 Å². The van der Waals surface area contributed by atoms with Crippen molar-refractivity contribution >= 4 is 46.6 Å². The molecule has 0 saturated carbocycles. The monoisotopic (exact) mass is 425 g/mol. The van der Waals surface area contributed by atoms with Crippen molar-refractivity contribution in [3.8, 4) is 0 Å². The fourth-order valence-electron chi connectivity index (χ4n) is 3.18. The molecule has 0 unspecified atom stereocenters. The van der Waals surface area contributed by atoms with Crippen molar-refractivity contribution in [1.29, 1.82) is 0 Å². The van der Waals surface area contributed by atoms with Crippen LogP contribution in [0.3, 0.4) is 0 Å². The van der Waals surface area contributed by atoms with E-state index < -0.39 is 16.7 Å². The van der Waals surface area contributed by atoms with Crippen molar-refractivity contribution in [1.82, 2.24) is 9.80 Å². The Morgan fingerprint density at radius 1 is 1.14 bits per heavy atom. The van der Waals surface area contributed by atoms with Gasteiger partial charge in [-0.25, -0.2) is 0 Å². The third kappa shape index (κ3) is 3.98. The third-order valence-electron chi connectivity index (χ3n) is 4.71. The molecule has 0 radical (unpaired) electrons. The van der Waals surface area contributed by atoms with E-state index in [0.717, 1.165) is 31.9 Å². The summed E-state index contributed by atoms with van der Waals surface area (Å²) in [4.78, 5) is 40.4. The summed E-state index contributed by atoms with van der Waals surface area (Å²) in [6.07, 6.45) is 1.43. The molecule has 11 heteroatoms. The highest BCUT2D eigenvalue weighted by molar-refractivity contribution is 7.80. The molecule has 0 aliphatic carbocycles. The maximum atomic E-state index is 12.6. The lowest BCUT2D eigenvalue weighted by Crippen LogP contribution is -3.00. The summed E-state index contributed by atoms with van der Waals surface area (Å²) in [6, 6.07) is 4.51. The number of amides is 2. The smallest absolute Gasteiger partial charge is 0.270 e. The number of likely N-dealkylation sites (N-methyl/N-ethyl adjacent to an activating group) is 2. The zero-order chi connectivity index (χ0) is 19.7. The van der Waals surface area contributed by atoms with Crippen LogP contribution in [0, 0.1) is 10.1 Å². The number of anilines is 1. The van der Waals surface area contributed by atoms with Crippen LogP contribution in [-0.2, 0) is 9.59 Å². The molecule has 0 spiro atoms. The molecular weight excluding hydrogens is 406 g/mol. The molecule has 3 rings (SSSR count). The number of carbonyl (C=O) groups is 2. The van der Waals surface area contributed by atoms with Crippen LogP contribution in [0.5, 0.6) is 0 Å². The summed E-state index contributed by atoms with van der Waals surface area (Å²) in [5, 5.41) is 13.5. The number of carbonyl (C=O) groups excluding carboxylic acids is 2. The van der Waals surface area contributed by atoms with Crippen molar-refractivity contribution in [2.75, 3.05) is 45.2 Å². The van der Waals surface area contributed by atoms with Crippen LogP contribution < -0.4 is 22.6 Å². The molecule has 2 aliphatic heterocycles. The van der Waals surface area contributed by atoms with Crippen molar-refractivity contribution in [2.24, 2.45) is 0 Å². The Kier molecular flexibility index (Phi) is 6.70. The normalized spacial score (nSPS) is 17.6. The second-order valence-electron chi connectivity index (χ2n) is 6.42. The molecule has 9 nitrogen and oxygen atoms in total. The Morgan fingerprint density at radius 3 is 2.25 bits per heavy atom. The van der Waals surface area contributed by atoms with Crippen LogP contribution in [0.2, 0.25) is 0 Å². The molecule has 2 amide bonds. The molecule has 2 aliphatic rings. The van der Waals surface area contributed by atoms with E-state index in [1.54, 1.807) is 6.07 Å². The molecule has 2 saturated heterocycles. The number of quaternary nitrogens is 1. The minimum absolute atomic E-state index is 0. The molecule has 0 aromatic heterocycles. The predicted octanol–water partition coefficient (Wildman–Crippen LogP) is -3.42. The maximum absolute atomic E-state index is 12.6. The SMILES string of the molecule is CN1C(=O)C(=Cc2cc([N+](=O)[O-])ccc2N2CC[NH2+]CC2)C(=O)N(C)C1=S.[Cl-]. The molecule has 150 valence electrons. The summed E-state index contributed by atoms with van der Waals surface area (Å²) >= 11 is 5.09. The Bertz CT molecular complexity index is 843. The molecule has 1 aromatic carbocycles. The standard InChI is InChI=1S/C17H19N5O4S.ClH/c1-19-15(23)13(16(24)20(2)17(19)27)10-11-9-12(22(25)26)3-4-14(11)21-7-5-18-6-8-21;/h3-4,9-10,18H,5-8H2,1-2H3;1H. The summed E-state index contributed by atoms with van der Waals surface area (Å²) in [6.45, 7) is 3.37. The molecule has 2 heterocycles. The number of benzene rings is 1. The van der Waals surface area contributed by atoms with E-state index in [4.69, 9.17) is 12.2 Å². The van der Waals surface area contributed by atoms with Gasteiger partial charge in [-0.05, 0) is 24.4 Å². The van der Waals surface area contributed by atoms with E-state index in [1.807, 2.05) is 0 Å². The van der Waals surface area contributed by atoms with Crippen molar-refractivity contribution < 1.29 is 32.2 Å². The van der Waals surface area contributed by atoms with Crippen molar-refractivity contribution in [3.63, 3.8) is 0 Å². The van der Waals surface area contributed by atoms with Gasteiger partial charge in [0.25, 0.3) is 17.5 Å². The highest BCUT2D eigenvalue weighted by Gasteiger charge is 2.35. The molecule has 2 fully saturated rings. The van der Waals surface area contributed by atoms with E-state index in [9.17, 15) is 19.7 Å². The average Bonchev–Trinajstić information content (AvgIpc) is 2.68. The highest BCUT2D eigenvalue weighted by Crippen LogP contribution is 2.29. The quantitative estimate of drug-likeness (QED) is 0.178. The number of nitrogens with zero attached hydrogens (tertiary/aromatic N) is 4. The number of hydrogen-bond acceptors (Lipinski definition) is 6. The first-order valence-corrected chi connectivity index (χ1v) is 8.89. The molecule has 28 heavy (non-hydrogen) atoms. The Labute approximate surface area is 173 Å². The topological polar surface area (TPSA) is 104 Å². The van der Waals surface area contributed by atoms with E-state index in [2.05, 4.69) is 10.2 Å². The number of nitro groups is 1. The van der Waals surface area contributed by atoms with Gasteiger partial charge < -0.3 is 22.6 Å². The lowest BCUT2D eigenvalue weighted by Gasteiger charge is -2.32. The molecule has 1 aromatic rings. The minimum atomic E-state index is -0.521. The van der Waals surface area contributed by atoms with Crippen LogP contribution in [0.1, 0.15) is 5.56 Å².